The molecule has 0 spiro atoms. The van der Waals surface area contributed by atoms with E-state index < -0.39 is 11.9 Å². The summed E-state index contributed by atoms with van der Waals surface area (Å²) in [5.74, 6) is -1.76. The Labute approximate surface area is 101 Å². The van der Waals surface area contributed by atoms with Crippen molar-refractivity contribution in [3.63, 3.8) is 0 Å². The number of nitrogens with one attached hydrogen (secondary N) is 1. The van der Waals surface area contributed by atoms with Crippen LogP contribution in [0.25, 0.3) is 0 Å². The van der Waals surface area contributed by atoms with Crippen LogP contribution in [-0.4, -0.2) is 61.3 Å². The lowest BCUT2D eigenvalue weighted by molar-refractivity contribution is -0.143. The van der Waals surface area contributed by atoms with Gasteiger partial charge in [0.1, 0.15) is 0 Å². The average molecular weight is 244 g/mol. The topological polar surface area (TPSA) is 78.9 Å². The van der Waals surface area contributed by atoms with Crippen LogP contribution in [0.3, 0.4) is 0 Å². The van der Waals surface area contributed by atoms with E-state index >= 15 is 0 Å². The summed E-state index contributed by atoms with van der Waals surface area (Å²) in [5.41, 5.74) is 0. The maximum atomic E-state index is 11.4. The number of carbonyl (C=O) groups is 2. The number of hydrogen-bond donors (Lipinski definition) is 2. The number of carbonyl (C=O) groups excluding carboxylic acids is 1. The van der Waals surface area contributed by atoms with Gasteiger partial charge in [-0.05, 0) is 0 Å². The molecule has 0 aromatic carbocycles. The zero-order valence-electron chi connectivity index (χ0n) is 10.1. The lowest BCUT2D eigenvalue weighted by Crippen LogP contribution is -2.41. The summed E-state index contributed by atoms with van der Waals surface area (Å²) >= 11 is 0. The zero-order valence-corrected chi connectivity index (χ0v) is 10.1. The number of morpholine rings is 1. The van der Waals surface area contributed by atoms with Gasteiger partial charge < -0.3 is 15.2 Å². The van der Waals surface area contributed by atoms with Crippen LogP contribution >= 0.6 is 0 Å². The number of amides is 1. The number of carboxylic acids is 1. The van der Waals surface area contributed by atoms with Crippen molar-refractivity contribution in [2.24, 2.45) is 5.92 Å². The maximum absolute atomic E-state index is 11.4. The minimum absolute atomic E-state index is 0.0401. The molecular formula is C11H20N2O4. The van der Waals surface area contributed by atoms with E-state index in [-0.39, 0.29) is 12.3 Å². The van der Waals surface area contributed by atoms with Crippen molar-refractivity contribution < 1.29 is 19.4 Å². The molecule has 0 aromatic rings. The molecule has 0 radical (unpaired) electrons. The lowest BCUT2D eigenvalue weighted by atomic mass is 10.1. The van der Waals surface area contributed by atoms with Crippen molar-refractivity contribution in [1.29, 1.82) is 0 Å². The van der Waals surface area contributed by atoms with E-state index in [2.05, 4.69) is 10.2 Å². The molecule has 1 saturated heterocycles. The van der Waals surface area contributed by atoms with Crippen LogP contribution in [-0.2, 0) is 14.3 Å². The molecule has 1 fully saturated rings. The molecule has 0 bridgehead atoms. The van der Waals surface area contributed by atoms with Crippen LogP contribution in [0.1, 0.15) is 13.3 Å². The highest BCUT2D eigenvalue weighted by Crippen LogP contribution is 2.01. The largest absolute Gasteiger partial charge is 0.481 e. The van der Waals surface area contributed by atoms with Gasteiger partial charge in [0, 0.05) is 32.6 Å². The van der Waals surface area contributed by atoms with Crippen LogP contribution in [0.2, 0.25) is 0 Å². The number of hydrogen-bond acceptors (Lipinski definition) is 4. The Morgan fingerprint density at radius 3 is 2.65 bits per heavy atom. The van der Waals surface area contributed by atoms with Crippen molar-refractivity contribution in [2.45, 2.75) is 13.3 Å². The molecule has 0 aliphatic carbocycles. The standard InChI is InChI=1S/C11H20N2O4/c1-9(11(15)16)8-10(14)12-2-3-13-4-6-17-7-5-13/h9H,2-8H2,1H3,(H,12,14)(H,15,16). The number of carboxylic acid groups (broad SMARTS) is 1. The number of nitrogens with zero attached hydrogens (tertiary/aromatic N) is 1. The summed E-state index contributed by atoms with van der Waals surface area (Å²) in [6.45, 7) is 6.14. The molecule has 6 nitrogen and oxygen atoms in total. The molecule has 1 amide bonds. The molecular weight excluding hydrogens is 224 g/mol. The van der Waals surface area contributed by atoms with Gasteiger partial charge in [-0.3, -0.25) is 14.5 Å². The summed E-state index contributed by atoms with van der Waals surface area (Å²) in [4.78, 5) is 24.1. The Kier molecular flexibility index (Phi) is 5.93. The van der Waals surface area contributed by atoms with Gasteiger partial charge in [0.2, 0.25) is 5.91 Å². The monoisotopic (exact) mass is 244 g/mol. The molecule has 0 aromatic heterocycles. The van der Waals surface area contributed by atoms with Crippen molar-refractivity contribution in [3.05, 3.63) is 0 Å². The van der Waals surface area contributed by atoms with Crippen LogP contribution in [0.4, 0.5) is 0 Å². The molecule has 1 aliphatic heterocycles. The normalized spacial score (nSPS) is 18.6. The van der Waals surface area contributed by atoms with Gasteiger partial charge in [0.05, 0.1) is 19.1 Å². The Balaban J connectivity index is 2.09. The van der Waals surface area contributed by atoms with E-state index in [4.69, 9.17) is 9.84 Å². The Morgan fingerprint density at radius 1 is 1.41 bits per heavy atom. The number of rotatable bonds is 6. The molecule has 1 rings (SSSR count). The van der Waals surface area contributed by atoms with Gasteiger partial charge >= 0.3 is 5.97 Å². The first-order chi connectivity index (χ1) is 8.09. The minimum atomic E-state index is -0.937. The fourth-order valence-electron chi connectivity index (χ4n) is 1.62. The second kappa shape index (κ2) is 7.24. The van der Waals surface area contributed by atoms with Gasteiger partial charge in [-0.25, -0.2) is 0 Å². The third-order valence-electron chi connectivity index (χ3n) is 2.77. The average Bonchev–Trinajstić information content (AvgIpc) is 2.30. The third-order valence-corrected chi connectivity index (χ3v) is 2.77. The second-order valence-corrected chi connectivity index (χ2v) is 4.25. The van der Waals surface area contributed by atoms with Gasteiger partial charge in [-0.15, -0.1) is 0 Å². The highest BCUT2D eigenvalue weighted by atomic mass is 16.5. The highest BCUT2D eigenvalue weighted by Gasteiger charge is 2.15. The number of aliphatic carboxylic acids is 1. The van der Waals surface area contributed by atoms with Gasteiger partial charge in [0.25, 0.3) is 0 Å². The summed E-state index contributed by atoms with van der Waals surface area (Å²) in [7, 11) is 0. The highest BCUT2D eigenvalue weighted by molar-refractivity contribution is 5.81. The summed E-state index contributed by atoms with van der Waals surface area (Å²) < 4.78 is 5.21. The molecule has 1 heterocycles. The van der Waals surface area contributed by atoms with Gasteiger partial charge in [-0.2, -0.15) is 0 Å². The van der Waals surface area contributed by atoms with E-state index in [1.807, 2.05) is 0 Å². The van der Waals surface area contributed by atoms with Crippen LogP contribution in [0, 0.1) is 5.92 Å². The van der Waals surface area contributed by atoms with E-state index in [1.165, 1.54) is 6.92 Å². The van der Waals surface area contributed by atoms with Crippen LogP contribution in [0.15, 0.2) is 0 Å². The van der Waals surface area contributed by atoms with Crippen molar-refractivity contribution in [3.8, 4) is 0 Å². The molecule has 6 heteroatoms. The smallest absolute Gasteiger partial charge is 0.306 e. The van der Waals surface area contributed by atoms with Crippen molar-refractivity contribution in [2.75, 3.05) is 39.4 Å². The van der Waals surface area contributed by atoms with Crippen molar-refractivity contribution in [1.82, 2.24) is 10.2 Å². The Bertz CT molecular complexity index is 264. The first-order valence-electron chi connectivity index (χ1n) is 5.89. The molecule has 1 aliphatic rings. The molecule has 0 saturated carbocycles. The maximum Gasteiger partial charge on any atom is 0.306 e. The van der Waals surface area contributed by atoms with Crippen LogP contribution in [0.5, 0.6) is 0 Å². The zero-order chi connectivity index (χ0) is 12.7. The predicted octanol–water partition coefficient (Wildman–Crippen LogP) is -0.454. The van der Waals surface area contributed by atoms with Crippen LogP contribution < -0.4 is 5.32 Å². The summed E-state index contributed by atoms with van der Waals surface area (Å²) in [5, 5.41) is 11.4. The Morgan fingerprint density at radius 2 is 2.06 bits per heavy atom. The fraction of sp³-hybridized carbons (Fsp3) is 0.818. The molecule has 1 unspecified atom stereocenters. The molecule has 2 N–H and O–H groups in total. The Hall–Kier alpha value is -1.14. The summed E-state index contributed by atoms with van der Waals surface area (Å²) in [6, 6.07) is 0. The first kappa shape index (κ1) is 13.9. The molecule has 1 atom stereocenters. The predicted molar refractivity (Wildman–Crippen MR) is 61.7 cm³/mol. The van der Waals surface area contributed by atoms with E-state index in [0.717, 1.165) is 32.8 Å². The fourth-order valence-corrected chi connectivity index (χ4v) is 1.62. The minimum Gasteiger partial charge on any atom is -0.481 e. The third kappa shape index (κ3) is 5.65. The SMILES string of the molecule is CC(CC(=O)NCCN1CCOCC1)C(=O)O. The second-order valence-electron chi connectivity index (χ2n) is 4.25. The first-order valence-corrected chi connectivity index (χ1v) is 5.89. The van der Waals surface area contributed by atoms with E-state index in [0.29, 0.717) is 6.54 Å². The van der Waals surface area contributed by atoms with Gasteiger partial charge in [0.15, 0.2) is 0 Å². The van der Waals surface area contributed by atoms with E-state index in [1.54, 1.807) is 0 Å². The molecule has 98 valence electrons. The van der Waals surface area contributed by atoms with E-state index in [9.17, 15) is 9.59 Å². The lowest BCUT2D eigenvalue weighted by Gasteiger charge is -2.26. The number of ether oxygens (including phenoxy) is 1. The quantitative estimate of drug-likeness (QED) is 0.661. The molecule has 17 heavy (non-hydrogen) atoms. The van der Waals surface area contributed by atoms with Crippen molar-refractivity contribution >= 4 is 11.9 Å². The summed E-state index contributed by atoms with van der Waals surface area (Å²) in [6.07, 6.45) is 0.0401. The van der Waals surface area contributed by atoms with Gasteiger partial charge in [-0.1, -0.05) is 6.92 Å².